The molecule has 0 spiro atoms. The van der Waals surface area contributed by atoms with E-state index in [1.807, 2.05) is 42.5 Å². The lowest BCUT2D eigenvalue weighted by molar-refractivity contribution is -0.123. The molecule has 3 rings (SSSR count). The molecule has 96 valence electrons. The lowest BCUT2D eigenvalue weighted by Gasteiger charge is -2.16. The van der Waals surface area contributed by atoms with E-state index in [4.69, 9.17) is 5.73 Å². The number of rotatable bonds is 2. The Balaban J connectivity index is 1.96. The van der Waals surface area contributed by atoms with Crippen LogP contribution < -0.4 is 10.6 Å². The van der Waals surface area contributed by atoms with E-state index in [1.165, 1.54) is 0 Å². The molecule has 0 saturated carbocycles. The van der Waals surface area contributed by atoms with Gasteiger partial charge in [-0.15, -0.1) is 0 Å². The molecular formula is C15H14N2O2. The van der Waals surface area contributed by atoms with E-state index in [0.29, 0.717) is 6.54 Å². The van der Waals surface area contributed by atoms with Gasteiger partial charge in [0, 0.05) is 18.7 Å². The Bertz CT molecular complexity index is 666. The smallest absolute Gasteiger partial charge is 0.227 e. The van der Waals surface area contributed by atoms with Gasteiger partial charge in [-0.25, -0.2) is 0 Å². The third-order valence-electron chi connectivity index (χ3n) is 3.57. The van der Waals surface area contributed by atoms with Gasteiger partial charge in [-0.2, -0.15) is 0 Å². The largest absolute Gasteiger partial charge is 0.369 e. The third kappa shape index (κ3) is 2.05. The molecule has 1 fully saturated rings. The van der Waals surface area contributed by atoms with E-state index in [-0.39, 0.29) is 18.2 Å². The lowest BCUT2D eigenvalue weighted by atomic mass is 10.1. The molecule has 0 bridgehead atoms. The number of hydrogen-bond acceptors (Lipinski definition) is 2. The second-order valence-electron chi connectivity index (χ2n) is 4.84. The van der Waals surface area contributed by atoms with Crippen molar-refractivity contribution in [1.29, 1.82) is 0 Å². The van der Waals surface area contributed by atoms with Crippen LogP contribution in [0.1, 0.15) is 6.42 Å². The number of benzene rings is 2. The van der Waals surface area contributed by atoms with E-state index < -0.39 is 5.91 Å². The standard InChI is InChI=1S/C15H14N2O2/c16-15(19)12-8-14(18)17(9-12)13-6-5-10-3-1-2-4-11(10)7-13/h1-7,12H,8-9H2,(H2,16,19). The van der Waals surface area contributed by atoms with Crippen LogP contribution in [0.25, 0.3) is 10.8 Å². The first kappa shape index (κ1) is 11.7. The monoisotopic (exact) mass is 254 g/mol. The zero-order chi connectivity index (χ0) is 13.4. The van der Waals surface area contributed by atoms with Crippen molar-refractivity contribution in [2.24, 2.45) is 11.7 Å². The van der Waals surface area contributed by atoms with Gasteiger partial charge in [-0.1, -0.05) is 30.3 Å². The van der Waals surface area contributed by atoms with E-state index in [0.717, 1.165) is 16.5 Å². The maximum Gasteiger partial charge on any atom is 0.227 e. The Morgan fingerprint density at radius 3 is 2.58 bits per heavy atom. The van der Waals surface area contributed by atoms with E-state index in [1.54, 1.807) is 4.90 Å². The van der Waals surface area contributed by atoms with Crippen LogP contribution in [0.3, 0.4) is 0 Å². The summed E-state index contributed by atoms with van der Waals surface area (Å²) in [6.07, 6.45) is 0.210. The van der Waals surface area contributed by atoms with Crippen LogP contribution in [0.15, 0.2) is 42.5 Å². The summed E-state index contributed by atoms with van der Waals surface area (Å²) in [6.45, 7) is 0.381. The molecule has 4 nitrogen and oxygen atoms in total. The molecule has 1 atom stereocenters. The molecule has 1 unspecified atom stereocenters. The van der Waals surface area contributed by atoms with Crippen molar-refractivity contribution in [2.45, 2.75) is 6.42 Å². The number of nitrogens with zero attached hydrogens (tertiary/aromatic N) is 1. The fraction of sp³-hybridized carbons (Fsp3) is 0.200. The average Bonchev–Trinajstić information content (AvgIpc) is 2.80. The van der Waals surface area contributed by atoms with Gasteiger partial charge in [0.1, 0.15) is 0 Å². The van der Waals surface area contributed by atoms with E-state index in [2.05, 4.69) is 0 Å². The first-order chi connectivity index (χ1) is 9.15. The van der Waals surface area contributed by atoms with Crippen LogP contribution in [0.5, 0.6) is 0 Å². The van der Waals surface area contributed by atoms with Crippen molar-refractivity contribution < 1.29 is 9.59 Å². The number of primary amides is 1. The average molecular weight is 254 g/mol. The topological polar surface area (TPSA) is 63.4 Å². The summed E-state index contributed by atoms with van der Waals surface area (Å²) in [4.78, 5) is 24.8. The van der Waals surface area contributed by atoms with Crippen LogP contribution in [0, 0.1) is 5.92 Å². The Hall–Kier alpha value is -2.36. The van der Waals surface area contributed by atoms with Gasteiger partial charge < -0.3 is 10.6 Å². The van der Waals surface area contributed by atoms with Gasteiger partial charge in [-0.3, -0.25) is 9.59 Å². The Morgan fingerprint density at radius 2 is 1.89 bits per heavy atom. The van der Waals surface area contributed by atoms with Crippen LogP contribution in [0.4, 0.5) is 5.69 Å². The van der Waals surface area contributed by atoms with Crippen molar-refractivity contribution in [3.63, 3.8) is 0 Å². The maximum absolute atomic E-state index is 11.9. The molecule has 2 N–H and O–H groups in total. The first-order valence-corrected chi connectivity index (χ1v) is 6.23. The molecule has 1 saturated heterocycles. The van der Waals surface area contributed by atoms with Gasteiger partial charge in [0.05, 0.1) is 5.92 Å². The predicted molar refractivity (Wildman–Crippen MR) is 73.6 cm³/mol. The summed E-state index contributed by atoms with van der Waals surface area (Å²) < 4.78 is 0. The zero-order valence-electron chi connectivity index (χ0n) is 10.4. The normalized spacial score (nSPS) is 19.1. The van der Waals surface area contributed by atoms with Crippen LogP contribution in [0.2, 0.25) is 0 Å². The zero-order valence-corrected chi connectivity index (χ0v) is 10.4. The van der Waals surface area contributed by atoms with Gasteiger partial charge in [-0.05, 0) is 22.9 Å². The molecule has 0 aromatic heterocycles. The molecule has 0 aliphatic carbocycles. The molecule has 1 aliphatic heterocycles. The number of hydrogen-bond donors (Lipinski definition) is 1. The molecular weight excluding hydrogens is 240 g/mol. The SMILES string of the molecule is NC(=O)C1CC(=O)N(c2ccc3ccccc3c2)C1. The minimum atomic E-state index is -0.406. The van der Waals surface area contributed by atoms with Crippen LogP contribution >= 0.6 is 0 Å². The van der Waals surface area contributed by atoms with E-state index >= 15 is 0 Å². The van der Waals surface area contributed by atoms with Gasteiger partial charge in [0.25, 0.3) is 0 Å². The van der Waals surface area contributed by atoms with Gasteiger partial charge in [0.15, 0.2) is 0 Å². The highest BCUT2D eigenvalue weighted by Crippen LogP contribution is 2.27. The molecule has 2 aromatic carbocycles. The summed E-state index contributed by atoms with van der Waals surface area (Å²) in [6, 6.07) is 13.8. The molecule has 1 heterocycles. The molecule has 2 aromatic rings. The number of nitrogens with two attached hydrogens (primary N) is 1. The highest BCUT2D eigenvalue weighted by molar-refractivity contribution is 6.01. The Morgan fingerprint density at radius 1 is 1.16 bits per heavy atom. The Labute approximate surface area is 110 Å². The summed E-state index contributed by atoms with van der Waals surface area (Å²) in [5.41, 5.74) is 6.10. The number of anilines is 1. The third-order valence-corrected chi connectivity index (χ3v) is 3.57. The van der Waals surface area contributed by atoms with Crippen LogP contribution in [-0.4, -0.2) is 18.4 Å². The molecule has 4 heteroatoms. The quantitative estimate of drug-likeness (QED) is 0.886. The lowest BCUT2D eigenvalue weighted by Crippen LogP contribution is -2.28. The fourth-order valence-corrected chi connectivity index (χ4v) is 2.49. The summed E-state index contributed by atoms with van der Waals surface area (Å²) in [7, 11) is 0. The Kier molecular flexibility index (Phi) is 2.71. The second kappa shape index (κ2) is 4.39. The minimum Gasteiger partial charge on any atom is -0.369 e. The molecule has 2 amide bonds. The van der Waals surface area contributed by atoms with Gasteiger partial charge >= 0.3 is 0 Å². The summed E-state index contributed by atoms with van der Waals surface area (Å²) in [5.74, 6) is -0.824. The van der Waals surface area contributed by atoms with Crippen LogP contribution in [-0.2, 0) is 9.59 Å². The minimum absolute atomic E-state index is 0.0425. The number of fused-ring (bicyclic) bond motifs is 1. The first-order valence-electron chi connectivity index (χ1n) is 6.23. The van der Waals surface area contributed by atoms with Crippen molar-refractivity contribution in [2.75, 3.05) is 11.4 Å². The van der Waals surface area contributed by atoms with Crippen molar-refractivity contribution >= 4 is 28.3 Å². The van der Waals surface area contributed by atoms with Crippen molar-refractivity contribution in [1.82, 2.24) is 0 Å². The molecule has 0 radical (unpaired) electrons. The summed E-state index contributed by atoms with van der Waals surface area (Å²) in [5, 5.41) is 2.21. The van der Waals surface area contributed by atoms with Crippen molar-refractivity contribution in [3.8, 4) is 0 Å². The molecule has 19 heavy (non-hydrogen) atoms. The van der Waals surface area contributed by atoms with Crippen molar-refractivity contribution in [3.05, 3.63) is 42.5 Å². The fourth-order valence-electron chi connectivity index (χ4n) is 2.49. The highest BCUT2D eigenvalue weighted by Gasteiger charge is 2.33. The number of carbonyl (C=O) groups excluding carboxylic acids is 2. The second-order valence-corrected chi connectivity index (χ2v) is 4.84. The maximum atomic E-state index is 11.9. The predicted octanol–water partition coefficient (Wildman–Crippen LogP) is 1.68. The number of amides is 2. The van der Waals surface area contributed by atoms with E-state index in [9.17, 15) is 9.59 Å². The molecule has 1 aliphatic rings. The van der Waals surface area contributed by atoms with Gasteiger partial charge in [0.2, 0.25) is 11.8 Å². The highest BCUT2D eigenvalue weighted by atomic mass is 16.2. The number of carbonyl (C=O) groups is 2. The summed E-state index contributed by atoms with van der Waals surface area (Å²) >= 11 is 0.